The van der Waals surface area contributed by atoms with E-state index in [-0.39, 0.29) is 6.03 Å². The Labute approximate surface area is 104 Å². The molecule has 0 saturated carbocycles. The molecule has 2 amide bonds. The number of urea groups is 1. The first-order valence-electron chi connectivity index (χ1n) is 6.50. The fourth-order valence-corrected chi connectivity index (χ4v) is 1.69. The molecule has 0 aromatic carbocycles. The van der Waals surface area contributed by atoms with E-state index in [9.17, 15) is 4.79 Å². The summed E-state index contributed by atoms with van der Waals surface area (Å²) < 4.78 is 5.26. The SMILES string of the molecule is CC(C)CCNC(=O)NCCN1CCOCC1. The molecule has 1 saturated heterocycles. The van der Waals surface area contributed by atoms with Crippen LogP contribution in [0.25, 0.3) is 0 Å². The van der Waals surface area contributed by atoms with Crippen molar-refractivity contribution in [1.29, 1.82) is 0 Å². The summed E-state index contributed by atoms with van der Waals surface area (Å²) in [6.45, 7) is 10.2. The maximum Gasteiger partial charge on any atom is 0.314 e. The van der Waals surface area contributed by atoms with Crippen LogP contribution in [-0.4, -0.2) is 56.9 Å². The second-order valence-electron chi connectivity index (χ2n) is 4.82. The normalized spacial score (nSPS) is 17.1. The summed E-state index contributed by atoms with van der Waals surface area (Å²) >= 11 is 0. The molecule has 0 radical (unpaired) electrons. The maximum absolute atomic E-state index is 11.4. The third-order valence-electron chi connectivity index (χ3n) is 2.82. The van der Waals surface area contributed by atoms with E-state index in [1.54, 1.807) is 0 Å². The Morgan fingerprint density at radius 1 is 1.24 bits per heavy atom. The third-order valence-corrected chi connectivity index (χ3v) is 2.82. The predicted octanol–water partition coefficient (Wildman–Crippen LogP) is 0.664. The van der Waals surface area contributed by atoms with Gasteiger partial charge in [-0.15, -0.1) is 0 Å². The summed E-state index contributed by atoms with van der Waals surface area (Å²) in [5.74, 6) is 0.628. The molecule has 0 atom stereocenters. The number of carbonyl (C=O) groups excluding carboxylic acids is 1. The average Bonchev–Trinajstić information content (AvgIpc) is 2.30. The Hall–Kier alpha value is -0.810. The molecule has 1 aliphatic heterocycles. The summed E-state index contributed by atoms with van der Waals surface area (Å²) in [5.41, 5.74) is 0. The third kappa shape index (κ3) is 7.18. The van der Waals surface area contributed by atoms with E-state index in [0.29, 0.717) is 12.5 Å². The van der Waals surface area contributed by atoms with Gasteiger partial charge in [0.1, 0.15) is 0 Å². The molecule has 17 heavy (non-hydrogen) atoms. The van der Waals surface area contributed by atoms with Crippen LogP contribution in [0.15, 0.2) is 0 Å². The average molecular weight is 243 g/mol. The highest BCUT2D eigenvalue weighted by Crippen LogP contribution is 1.96. The van der Waals surface area contributed by atoms with Crippen LogP contribution in [0.1, 0.15) is 20.3 Å². The quantitative estimate of drug-likeness (QED) is 0.721. The molecule has 0 aromatic rings. The van der Waals surface area contributed by atoms with E-state index in [0.717, 1.165) is 45.8 Å². The fourth-order valence-electron chi connectivity index (χ4n) is 1.69. The molecule has 1 rings (SSSR count). The van der Waals surface area contributed by atoms with Gasteiger partial charge in [0.05, 0.1) is 13.2 Å². The minimum Gasteiger partial charge on any atom is -0.379 e. The summed E-state index contributed by atoms with van der Waals surface area (Å²) in [6, 6.07) is -0.0566. The van der Waals surface area contributed by atoms with Crippen molar-refractivity contribution in [3.63, 3.8) is 0 Å². The molecule has 0 spiro atoms. The molecule has 0 unspecified atom stereocenters. The minimum absolute atomic E-state index is 0.0566. The van der Waals surface area contributed by atoms with Crippen LogP contribution in [-0.2, 0) is 4.74 Å². The fraction of sp³-hybridized carbons (Fsp3) is 0.917. The Kier molecular flexibility index (Phi) is 6.96. The predicted molar refractivity (Wildman–Crippen MR) is 68.1 cm³/mol. The number of ether oxygens (including phenoxy) is 1. The smallest absolute Gasteiger partial charge is 0.314 e. The number of morpholine rings is 1. The number of hydrogen-bond acceptors (Lipinski definition) is 3. The highest BCUT2D eigenvalue weighted by Gasteiger charge is 2.09. The monoisotopic (exact) mass is 243 g/mol. The van der Waals surface area contributed by atoms with Crippen LogP contribution in [0, 0.1) is 5.92 Å². The molecule has 1 fully saturated rings. The molecule has 1 heterocycles. The second kappa shape index (κ2) is 8.31. The molecule has 5 heteroatoms. The van der Waals surface area contributed by atoms with Gasteiger partial charge >= 0.3 is 6.03 Å². The van der Waals surface area contributed by atoms with Crippen LogP contribution >= 0.6 is 0 Å². The van der Waals surface area contributed by atoms with Crippen molar-refractivity contribution in [2.75, 3.05) is 45.9 Å². The molecule has 0 bridgehead atoms. The van der Waals surface area contributed by atoms with Gasteiger partial charge in [-0.1, -0.05) is 13.8 Å². The van der Waals surface area contributed by atoms with Gasteiger partial charge in [0.25, 0.3) is 0 Å². The molecular weight excluding hydrogens is 218 g/mol. The maximum atomic E-state index is 11.4. The van der Waals surface area contributed by atoms with Gasteiger partial charge in [0.15, 0.2) is 0 Å². The molecule has 5 nitrogen and oxygen atoms in total. The van der Waals surface area contributed by atoms with E-state index in [1.165, 1.54) is 0 Å². The first-order chi connectivity index (χ1) is 8.18. The highest BCUT2D eigenvalue weighted by atomic mass is 16.5. The number of carbonyl (C=O) groups is 1. The van der Waals surface area contributed by atoms with Crippen LogP contribution in [0.4, 0.5) is 4.79 Å². The van der Waals surface area contributed by atoms with Crippen molar-refractivity contribution in [1.82, 2.24) is 15.5 Å². The van der Waals surface area contributed by atoms with Crippen molar-refractivity contribution >= 4 is 6.03 Å². The minimum atomic E-state index is -0.0566. The molecule has 1 aliphatic rings. The summed E-state index contributed by atoms with van der Waals surface area (Å²) in [6.07, 6.45) is 1.02. The Balaban J connectivity index is 1.95. The summed E-state index contributed by atoms with van der Waals surface area (Å²) in [7, 11) is 0. The molecule has 2 N–H and O–H groups in total. The lowest BCUT2D eigenvalue weighted by Gasteiger charge is -2.26. The van der Waals surface area contributed by atoms with Gasteiger partial charge in [0, 0.05) is 32.7 Å². The Morgan fingerprint density at radius 3 is 2.53 bits per heavy atom. The van der Waals surface area contributed by atoms with Crippen molar-refractivity contribution in [2.45, 2.75) is 20.3 Å². The van der Waals surface area contributed by atoms with E-state index >= 15 is 0 Å². The van der Waals surface area contributed by atoms with Gasteiger partial charge in [-0.05, 0) is 12.3 Å². The first kappa shape index (κ1) is 14.3. The Bertz CT molecular complexity index is 216. The van der Waals surface area contributed by atoms with E-state index in [4.69, 9.17) is 4.74 Å². The first-order valence-corrected chi connectivity index (χ1v) is 6.50. The largest absolute Gasteiger partial charge is 0.379 e. The number of hydrogen-bond donors (Lipinski definition) is 2. The van der Waals surface area contributed by atoms with Crippen molar-refractivity contribution < 1.29 is 9.53 Å². The van der Waals surface area contributed by atoms with Gasteiger partial charge in [-0.25, -0.2) is 4.79 Å². The van der Waals surface area contributed by atoms with Gasteiger partial charge in [-0.3, -0.25) is 4.90 Å². The van der Waals surface area contributed by atoms with Crippen LogP contribution < -0.4 is 10.6 Å². The second-order valence-corrected chi connectivity index (χ2v) is 4.82. The number of nitrogens with one attached hydrogen (secondary N) is 2. The highest BCUT2D eigenvalue weighted by molar-refractivity contribution is 5.73. The zero-order valence-electron chi connectivity index (χ0n) is 11.0. The lowest BCUT2D eigenvalue weighted by molar-refractivity contribution is 0.0387. The van der Waals surface area contributed by atoms with Gasteiger partial charge in [-0.2, -0.15) is 0 Å². The number of rotatable bonds is 6. The zero-order valence-corrected chi connectivity index (χ0v) is 11.0. The van der Waals surface area contributed by atoms with E-state index in [2.05, 4.69) is 29.4 Å². The molecular formula is C12H25N3O2. The zero-order chi connectivity index (χ0) is 12.5. The van der Waals surface area contributed by atoms with E-state index in [1.807, 2.05) is 0 Å². The van der Waals surface area contributed by atoms with Gasteiger partial charge < -0.3 is 15.4 Å². The van der Waals surface area contributed by atoms with Gasteiger partial charge in [0.2, 0.25) is 0 Å². The van der Waals surface area contributed by atoms with Crippen LogP contribution in [0.5, 0.6) is 0 Å². The Morgan fingerprint density at radius 2 is 1.88 bits per heavy atom. The molecule has 0 aromatic heterocycles. The number of nitrogens with zero attached hydrogens (tertiary/aromatic N) is 1. The molecule has 0 aliphatic carbocycles. The standard InChI is InChI=1S/C12H25N3O2/c1-11(2)3-4-13-12(16)14-5-6-15-7-9-17-10-8-15/h11H,3-10H2,1-2H3,(H2,13,14,16). The molecule has 100 valence electrons. The summed E-state index contributed by atoms with van der Waals surface area (Å²) in [5, 5.41) is 5.73. The number of amides is 2. The summed E-state index contributed by atoms with van der Waals surface area (Å²) in [4.78, 5) is 13.7. The lowest BCUT2D eigenvalue weighted by Crippen LogP contribution is -2.43. The topological polar surface area (TPSA) is 53.6 Å². The van der Waals surface area contributed by atoms with Crippen molar-refractivity contribution in [2.24, 2.45) is 5.92 Å². The van der Waals surface area contributed by atoms with Crippen LogP contribution in [0.2, 0.25) is 0 Å². The van der Waals surface area contributed by atoms with Crippen LogP contribution in [0.3, 0.4) is 0 Å². The van der Waals surface area contributed by atoms with E-state index < -0.39 is 0 Å². The lowest BCUT2D eigenvalue weighted by atomic mass is 10.1. The van der Waals surface area contributed by atoms with Crippen molar-refractivity contribution in [3.05, 3.63) is 0 Å². The van der Waals surface area contributed by atoms with Crippen molar-refractivity contribution in [3.8, 4) is 0 Å².